The van der Waals surface area contributed by atoms with Crippen LogP contribution in [0, 0.1) is 6.92 Å². The summed E-state index contributed by atoms with van der Waals surface area (Å²) in [6, 6.07) is 8.08. The van der Waals surface area contributed by atoms with E-state index in [1.165, 1.54) is 6.42 Å². The highest BCUT2D eigenvalue weighted by atomic mass is 32.2. The van der Waals surface area contributed by atoms with Crippen molar-refractivity contribution in [2.75, 3.05) is 26.0 Å². The fraction of sp³-hybridized carbons (Fsp3) is 0.550. The number of aliphatic imine (C=N–C) groups is 1. The van der Waals surface area contributed by atoms with Crippen LogP contribution in [-0.2, 0) is 20.1 Å². The lowest BCUT2D eigenvalue weighted by atomic mass is 10.2. The van der Waals surface area contributed by atoms with Gasteiger partial charge in [0.2, 0.25) is 0 Å². The van der Waals surface area contributed by atoms with Gasteiger partial charge in [0.25, 0.3) is 0 Å². The van der Waals surface area contributed by atoms with Crippen molar-refractivity contribution in [2.24, 2.45) is 12.0 Å². The topological polar surface area (TPSA) is 67.6 Å². The molecule has 0 amide bonds. The zero-order valence-corrected chi connectivity index (χ0v) is 18.0. The van der Waals surface area contributed by atoms with E-state index in [1.807, 2.05) is 30.7 Å². The number of ether oxygens (including phenoxy) is 1. The SMILES string of the molecule is CCC1CN(C(=NCc2ccc(OC)cc2)NCc2nnc(C)n2C)CCS1. The number of benzene rings is 1. The first-order chi connectivity index (χ1) is 13.6. The normalized spacial score (nSPS) is 17.6. The van der Waals surface area contributed by atoms with Gasteiger partial charge in [0.1, 0.15) is 11.6 Å². The average Bonchev–Trinajstić information content (AvgIpc) is 3.06. The van der Waals surface area contributed by atoms with Gasteiger partial charge in [-0.3, -0.25) is 0 Å². The number of hydrogen-bond donors (Lipinski definition) is 1. The Labute approximate surface area is 171 Å². The third-order valence-electron chi connectivity index (χ3n) is 5.05. The predicted octanol–water partition coefficient (Wildman–Crippen LogP) is 2.61. The van der Waals surface area contributed by atoms with Crippen LogP contribution < -0.4 is 10.1 Å². The van der Waals surface area contributed by atoms with Crippen molar-refractivity contribution < 1.29 is 4.74 Å². The van der Waals surface area contributed by atoms with Gasteiger partial charge in [-0.2, -0.15) is 11.8 Å². The molecule has 2 aromatic rings. The molecule has 0 aliphatic carbocycles. The summed E-state index contributed by atoms with van der Waals surface area (Å²) in [7, 11) is 3.67. The summed E-state index contributed by atoms with van der Waals surface area (Å²) in [6.45, 7) is 7.48. The second-order valence-electron chi connectivity index (χ2n) is 6.91. The molecule has 3 rings (SSSR count). The van der Waals surface area contributed by atoms with Gasteiger partial charge in [-0.05, 0) is 31.0 Å². The maximum atomic E-state index is 5.24. The summed E-state index contributed by atoms with van der Waals surface area (Å²) < 4.78 is 7.25. The largest absolute Gasteiger partial charge is 0.497 e. The van der Waals surface area contributed by atoms with Crippen molar-refractivity contribution in [1.29, 1.82) is 0 Å². The van der Waals surface area contributed by atoms with Crippen LogP contribution in [0.1, 0.15) is 30.6 Å². The van der Waals surface area contributed by atoms with E-state index in [2.05, 4.69) is 51.2 Å². The van der Waals surface area contributed by atoms with Crippen LogP contribution in [0.5, 0.6) is 5.75 Å². The summed E-state index contributed by atoms with van der Waals surface area (Å²) >= 11 is 2.06. The third-order valence-corrected chi connectivity index (χ3v) is 6.42. The van der Waals surface area contributed by atoms with E-state index in [-0.39, 0.29) is 0 Å². The zero-order valence-electron chi connectivity index (χ0n) is 17.2. The van der Waals surface area contributed by atoms with Gasteiger partial charge in [-0.25, -0.2) is 4.99 Å². The molecule has 8 heteroatoms. The van der Waals surface area contributed by atoms with E-state index < -0.39 is 0 Å². The van der Waals surface area contributed by atoms with Crippen molar-refractivity contribution in [3.63, 3.8) is 0 Å². The molecular weight excluding hydrogens is 372 g/mol. The summed E-state index contributed by atoms with van der Waals surface area (Å²) in [4.78, 5) is 7.29. The Morgan fingerprint density at radius 2 is 2.11 bits per heavy atom. The van der Waals surface area contributed by atoms with E-state index in [0.717, 1.165) is 47.8 Å². The van der Waals surface area contributed by atoms with E-state index in [1.54, 1.807) is 7.11 Å². The minimum absolute atomic E-state index is 0.610. The predicted molar refractivity (Wildman–Crippen MR) is 115 cm³/mol. The second-order valence-corrected chi connectivity index (χ2v) is 8.32. The van der Waals surface area contributed by atoms with Crippen LogP contribution in [-0.4, -0.2) is 56.8 Å². The van der Waals surface area contributed by atoms with Crippen molar-refractivity contribution in [3.05, 3.63) is 41.5 Å². The highest BCUT2D eigenvalue weighted by Crippen LogP contribution is 2.21. The van der Waals surface area contributed by atoms with E-state index in [0.29, 0.717) is 18.3 Å². The Morgan fingerprint density at radius 3 is 2.75 bits per heavy atom. The minimum atomic E-state index is 0.610. The van der Waals surface area contributed by atoms with Crippen LogP contribution in [0.2, 0.25) is 0 Å². The monoisotopic (exact) mass is 402 g/mol. The maximum Gasteiger partial charge on any atom is 0.194 e. The summed E-state index contributed by atoms with van der Waals surface area (Å²) in [5.74, 6) is 4.75. The number of guanidine groups is 1. The summed E-state index contributed by atoms with van der Waals surface area (Å²) in [5, 5.41) is 12.6. The van der Waals surface area contributed by atoms with Crippen molar-refractivity contribution in [3.8, 4) is 5.75 Å². The number of nitrogens with zero attached hydrogens (tertiary/aromatic N) is 5. The van der Waals surface area contributed by atoms with Crippen LogP contribution in [0.4, 0.5) is 0 Å². The fourth-order valence-corrected chi connectivity index (χ4v) is 4.27. The van der Waals surface area contributed by atoms with Gasteiger partial charge in [0.05, 0.1) is 20.2 Å². The molecule has 1 unspecified atom stereocenters. The molecular formula is C20H30N6OS. The van der Waals surface area contributed by atoms with Crippen LogP contribution in [0.25, 0.3) is 0 Å². The number of hydrogen-bond acceptors (Lipinski definition) is 5. The Balaban J connectivity index is 1.73. The molecule has 152 valence electrons. The zero-order chi connectivity index (χ0) is 19.9. The number of methoxy groups -OCH3 is 1. The molecule has 1 atom stereocenters. The summed E-state index contributed by atoms with van der Waals surface area (Å²) in [5.41, 5.74) is 1.16. The molecule has 0 radical (unpaired) electrons. The van der Waals surface area contributed by atoms with Crippen LogP contribution >= 0.6 is 11.8 Å². The number of thioether (sulfide) groups is 1. The third kappa shape index (κ3) is 5.19. The molecule has 1 saturated heterocycles. The molecule has 1 aliphatic rings. The van der Waals surface area contributed by atoms with E-state index in [9.17, 15) is 0 Å². The number of nitrogens with one attached hydrogen (secondary N) is 1. The van der Waals surface area contributed by atoms with Crippen LogP contribution in [0.15, 0.2) is 29.3 Å². The Bertz CT molecular complexity index is 788. The van der Waals surface area contributed by atoms with Crippen molar-refractivity contribution >= 4 is 17.7 Å². The van der Waals surface area contributed by atoms with E-state index in [4.69, 9.17) is 9.73 Å². The van der Waals surface area contributed by atoms with Gasteiger partial charge in [0, 0.05) is 31.1 Å². The highest BCUT2D eigenvalue weighted by molar-refractivity contribution is 8.00. The van der Waals surface area contributed by atoms with Gasteiger partial charge < -0.3 is 19.5 Å². The molecule has 1 fully saturated rings. The van der Waals surface area contributed by atoms with Gasteiger partial charge in [0.15, 0.2) is 11.8 Å². The molecule has 0 saturated carbocycles. The van der Waals surface area contributed by atoms with Crippen molar-refractivity contribution in [2.45, 2.75) is 38.6 Å². The summed E-state index contributed by atoms with van der Waals surface area (Å²) in [6.07, 6.45) is 1.18. The average molecular weight is 403 g/mol. The molecule has 1 aromatic heterocycles. The Kier molecular flexibility index (Phi) is 7.19. The van der Waals surface area contributed by atoms with Gasteiger partial charge in [-0.1, -0.05) is 19.1 Å². The van der Waals surface area contributed by atoms with Crippen LogP contribution in [0.3, 0.4) is 0 Å². The van der Waals surface area contributed by atoms with Crippen molar-refractivity contribution in [1.82, 2.24) is 25.0 Å². The molecule has 1 N–H and O–H groups in total. The van der Waals surface area contributed by atoms with Gasteiger partial charge in [-0.15, -0.1) is 10.2 Å². The standard InChI is InChI=1S/C20H30N6OS/c1-5-18-14-26(10-11-28-18)20(22-13-19-24-23-15(2)25(19)3)21-12-16-6-8-17(27-4)9-7-16/h6-9,18H,5,10-14H2,1-4H3,(H,21,22). The lowest BCUT2D eigenvalue weighted by Gasteiger charge is -2.34. The molecule has 0 bridgehead atoms. The lowest BCUT2D eigenvalue weighted by Crippen LogP contribution is -2.48. The molecule has 2 heterocycles. The second kappa shape index (κ2) is 9.82. The lowest BCUT2D eigenvalue weighted by molar-refractivity contribution is 0.405. The smallest absolute Gasteiger partial charge is 0.194 e. The molecule has 0 spiro atoms. The number of aryl methyl sites for hydroxylation is 1. The quantitative estimate of drug-likeness (QED) is 0.592. The van der Waals surface area contributed by atoms with E-state index >= 15 is 0 Å². The maximum absolute atomic E-state index is 5.24. The molecule has 7 nitrogen and oxygen atoms in total. The van der Waals surface area contributed by atoms with Gasteiger partial charge >= 0.3 is 0 Å². The molecule has 1 aromatic carbocycles. The minimum Gasteiger partial charge on any atom is -0.497 e. The Morgan fingerprint density at radius 1 is 1.32 bits per heavy atom. The molecule has 1 aliphatic heterocycles. The number of rotatable bonds is 6. The first-order valence-electron chi connectivity index (χ1n) is 9.73. The Hall–Kier alpha value is -2.22. The fourth-order valence-electron chi connectivity index (χ4n) is 3.09. The number of aromatic nitrogens is 3. The highest BCUT2D eigenvalue weighted by Gasteiger charge is 2.22. The molecule has 28 heavy (non-hydrogen) atoms. The first-order valence-corrected chi connectivity index (χ1v) is 10.8. The first kappa shape index (κ1) is 20.5.